The van der Waals surface area contributed by atoms with E-state index in [0.29, 0.717) is 18.4 Å². The van der Waals surface area contributed by atoms with E-state index in [4.69, 9.17) is 15.6 Å². The van der Waals surface area contributed by atoms with E-state index in [1.165, 1.54) is 12.8 Å². The number of carbonyl (C=O) groups is 2. The van der Waals surface area contributed by atoms with Gasteiger partial charge in [0, 0.05) is 6.04 Å². The van der Waals surface area contributed by atoms with Crippen molar-refractivity contribution >= 4 is 11.9 Å². The molecule has 1 aliphatic rings. The molecule has 116 valence electrons. The first kappa shape index (κ1) is 16.9. The van der Waals surface area contributed by atoms with E-state index >= 15 is 0 Å². The molecule has 4 N–H and O–H groups in total. The fourth-order valence-corrected chi connectivity index (χ4v) is 2.23. The maximum atomic E-state index is 11.7. The monoisotopic (exact) mass is 286 g/mol. The summed E-state index contributed by atoms with van der Waals surface area (Å²) in [6, 6.07) is -1.19. The van der Waals surface area contributed by atoms with Gasteiger partial charge in [0.15, 0.2) is 0 Å². The van der Waals surface area contributed by atoms with E-state index in [0.717, 1.165) is 0 Å². The molecule has 6 heteroatoms. The summed E-state index contributed by atoms with van der Waals surface area (Å²) < 4.78 is 5.88. The van der Waals surface area contributed by atoms with Gasteiger partial charge in [-0.1, -0.05) is 13.8 Å². The molecule has 6 nitrogen and oxygen atoms in total. The molecule has 1 amide bonds. The van der Waals surface area contributed by atoms with Crippen molar-refractivity contribution in [2.45, 2.75) is 58.2 Å². The first-order valence-electron chi connectivity index (χ1n) is 7.20. The van der Waals surface area contributed by atoms with E-state index in [9.17, 15) is 9.59 Å². The molecule has 1 rings (SSSR count). The van der Waals surface area contributed by atoms with Gasteiger partial charge in [-0.3, -0.25) is 9.59 Å². The normalized spacial score (nSPS) is 19.4. The van der Waals surface area contributed by atoms with Gasteiger partial charge in [-0.15, -0.1) is 0 Å². The Morgan fingerprint density at radius 2 is 1.95 bits per heavy atom. The highest BCUT2D eigenvalue weighted by atomic mass is 16.5. The molecule has 1 aliphatic carbocycles. The van der Waals surface area contributed by atoms with Gasteiger partial charge in [0.05, 0.1) is 25.2 Å². The van der Waals surface area contributed by atoms with Crippen LogP contribution < -0.4 is 11.1 Å². The molecule has 0 bridgehead atoms. The number of carbonyl (C=O) groups excluding carboxylic acids is 1. The van der Waals surface area contributed by atoms with Gasteiger partial charge < -0.3 is 20.9 Å². The average molecular weight is 286 g/mol. The Bertz CT molecular complexity index is 340. The van der Waals surface area contributed by atoms with E-state index < -0.39 is 17.9 Å². The number of nitrogens with two attached hydrogens (primary N) is 1. The largest absolute Gasteiger partial charge is 0.481 e. The Labute approximate surface area is 120 Å². The minimum atomic E-state index is -1.08. The number of amides is 1. The second-order valence-electron chi connectivity index (χ2n) is 5.99. The fraction of sp³-hybridized carbons (Fsp3) is 0.857. The van der Waals surface area contributed by atoms with Crippen LogP contribution in [0.4, 0.5) is 0 Å². The molecule has 2 unspecified atom stereocenters. The highest BCUT2D eigenvalue weighted by Crippen LogP contribution is 2.37. The number of rotatable bonds is 9. The van der Waals surface area contributed by atoms with Crippen molar-refractivity contribution in [2.24, 2.45) is 17.6 Å². The zero-order chi connectivity index (χ0) is 15.3. The standard InChI is InChI=1S/C14H26N2O4/c1-8(2)13(10-4-5-10)20-7-9(3)16-14(19)11(15)6-12(17)18/h8-11,13H,4-7,15H2,1-3H3,(H,16,19)(H,17,18)/t9?,11-,13?/m0/s1. The summed E-state index contributed by atoms with van der Waals surface area (Å²) in [7, 11) is 0. The van der Waals surface area contributed by atoms with Gasteiger partial charge in [-0.2, -0.15) is 0 Å². The van der Waals surface area contributed by atoms with Crippen LogP contribution in [0.15, 0.2) is 0 Å². The Hall–Kier alpha value is -1.14. The Kier molecular flexibility index (Phi) is 6.42. The van der Waals surface area contributed by atoms with Crippen molar-refractivity contribution in [1.82, 2.24) is 5.32 Å². The van der Waals surface area contributed by atoms with Gasteiger partial charge in [0.25, 0.3) is 0 Å². The predicted molar refractivity (Wildman–Crippen MR) is 75.1 cm³/mol. The first-order valence-corrected chi connectivity index (χ1v) is 7.20. The summed E-state index contributed by atoms with van der Waals surface area (Å²) in [6.45, 7) is 6.52. The lowest BCUT2D eigenvalue weighted by molar-refractivity contribution is -0.139. The van der Waals surface area contributed by atoms with Gasteiger partial charge in [0.1, 0.15) is 0 Å². The molecule has 20 heavy (non-hydrogen) atoms. The molecular formula is C14H26N2O4. The molecule has 0 spiro atoms. The summed E-state index contributed by atoms with van der Waals surface area (Å²) in [4.78, 5) is 22.1. The van der Waals surface area contributed by atoms with Crippen molar-refractivity contribution in [3.63, 3.8) is 0 Å². The fourth-order valence-electron chi connectivity index (χ4n) is 2.23. The molecule has 0 heterocycles. The van der Waals surface area contributed by atoms with Gasteiger partial charge >= 0.3 is 5.97 Å². The summed E-state index contributed by atoms with van der Waals surface area (Å²) in [6.07, 6.45) is 2.30. The number of carboxylic acid groups (broad SMARTS) is 1. The van der Waals surface area contributed by atoms with Crippen LogP contribution >= 0.6 is 0 Å². The van der Waals surface area contributed by atoms with E-state index in [1.54, 1.807) is 0 Å². The van der Waals surface area contributed by atoms with E-state index in [2.05, 4.69) is 19.2 Å². The third-order valence-corrected chi connectivity index (χ3v) is 3.40. The molecule has 1 fully saturated rings. The van der Waals surface area contributed by atoms with Crippen molar-refractivity contribution in [3.8, 4) is 0 Å². The number of hydrogen-bond acceptors (Lipinski definition) is 4. The van der Waals surface area contributed by atoms with Crippen LogP contribution in [-0.2, 0) is 14.3 Å². The molecule has 0 aliphatic heterocycles. The van der Waals surface area contributed by atoms with Crippen LogP contribution in [0.3, 0.4) is 0 Å². The minimum Gasteiger partial charge on any atom is -0.481 e. The second-order valence-corrected chi connectivity index (χ2v) is 5.99. The molecule has 3 atom stereocenters. The third kappa shape index (κ3) is 5.88. The number of hydrogen-bond donors (Lipinski definition) is 3. The molecule has 0 radical (unpaired) electrons. The summed E-state index contributed by atoms with van der Waals surface area (Å²) in [5.41, 5.74) is 5.50. The highest BCUT2D eigenvalue weighted by molar-refractivity contribution is 5.86. The van der Waals surface area contributed by atoms with E-state index in [1.807, 2.05) is 6.92 Å². The number of carboxylic acids is 1. The zero-order valence-electron chi connectivity index (χ0n) is 12.5. The summed E-state index contributed by atoms with van der Waals surface area (Å²) in [5, 5.41) is 11.3. The van der Waals surface area contributed by atoms with Gasteiger partial charge in [-0.05, 0) is 31.6 Å². The van der Waals surface area contributed by atoms with E-state index in [-0.39, 0.29) is 18.6 Å². The van der Waals surface area contributed by atoms with Crippen molar-refractivity contribution in [1.29, 1.82) is 0 Å². The maximum Gasteiger partial charge on any atom is 0.305 e. The van der Waals surface area contributed by atoms with Gasteiger partial charge in [-0.25, -0.2) is 0 Å². The Morgan fingerprint density at radius 1 is 1.35 bits per heavy atom. The molecule has 0 aromatic carbocycles. The molecule has 0 aromatic heterocycles. The predicted octanol–water partition coefficient (Wildman–Crippen LogP) is 0.744. The lowest BCUT2D eigenvalue weighted by Gasteiger charge is -2.24. The first-order chi connectivity index (χ1) is 9.31. The lowest BCUT2D eigenvalue weighted by Crippen LogP contribution is -2.47. The summed E-state index contributed by atoms with van der Waals surface area (Å²) in [5.74, 6) is -0.423. The topological polar surface area (TPSA) is 102 Å². The maximum absolute atomic E-state index is 11.7. The van der Waals surface area contributed by atoms with Crippen LogP contribution in [0.2, 0.25) is 0 Å². The second kappa shape index (κ2) is 7.59. The molecule has 1 saturated carbocycles. The number of ether oxygens (including phenoxy) is 1. The van der Waals surface area contributed by atoms with Crippen molar-refractivity contribution in [3.05, 3.63) is 0 Å². The lowest BCUT2D eigenvalue weighted by atomic mass is 10.0. The Morgan fingerprint density at radius 3 is 2.40 bits per heavy atom. The minimum absolute atomic E-state index is 0.178. The number of nitrogens with one attached hydrogen (secondary N) is 1. The zero-order valence-corrected chi connectivity index (χ0v) is 12.5. The highest BCUT2D eigenvalue weighted by Gasteiger charge is 2.34. The summed E-state index contributed by atoms with van der Waals surface area (Å²) >= 11 is 0. The van der Waals surface area contributed by atoms with Crippen molar-refractivity contribution in [2.75, 3.05) is 6.61 Å². The molecule has 0 saturated heterocycles. The third-order valence-electron chi connectivity index (χ3n) is 3.40. The smallest absolute Gasteiger partial charge is 0.305 e. The Balaban J connectivity index is 2.29. The van der Waals surface area contributed by atoms with Crippen LogP contribution in [0.5, 0.6) is 0 Å². The van der Waals surface area contributed by atoms with Crippen LogP contribution in [0.25, 0.3) is 0 Å². The number of aliphatic carboxylic acids is 1. The van der Waals surface area contributed by atoms with Crippen molar-refractivity contribution < 1.29 is 19.4 Å². The quantitative estimate of drug-likeness (QED) is 0.580. The molecular weight excluding hydrogens is 260 g/mol. The van der Waals surface area contributed by atoms with Crippen LogP contribution in [0, 0.1) is 11.8 Å². The van der Waals surface area contributed by atoms with Gasteiger partial charge in [0.2, 0.25) is 5.91 Å². The van der Waals surface area contributed by atoms with Crippen LogP contribution in [0.1, 0.15) is 40.0 Å². The SMILES string of the molecule is CC(COC(C(C)C)C1CC1)NC(=O)[C@@H](N)CC(=O)O. The average Bonchev–Trinajstić information content (AvgIpc) is 3.12. The van der Waals surface area contributed by atoms with Crippen LogP contribution in [-0.4, -0.2) is 41.8 Å². The molecule has 0 aromatic rings.